The van der Waals surface area contributed by atoms with E-state index >= 15 is 0 Å². The predicted molar refractivity (Wildman–Crippen MR) is 168 cm³/mol. The summed E-state index contributed by atoms with van der Waals surface area (Å²) < 4.78 is 12.3. The summed E-state index contributed by atoms with van der Waals surface area (Å²) in [4.78, 5) is 5.09. The SMILES string of the molecule is Cc1ccc(C2C(C)c3cc(OCc4ccccc4)ccc3N2Cc2ccc(OCCN3CCCCC3)cc2)cc1. The third kappa shape index (κ3) is 6.60. The molecular weight excluding hydrogens is 504 g/mol. The zero-order chi connectivity index (χ0) is 28.0. The van der Waals surface area contributed by atoms with Crippen LogP contribution in [-0.2, 0) is 13.2 Å². The number of hydrogen-bond acceptors (Lipinski definition) is 4. The standard InChI is InChI=1S/C37H42N2O2/c1-28-11-15-32(16-12-28)37-29(2)35-25-34(41-27-31-9-5-3-6-10-31)19-20-36(35)39(37)26-30-13-17-33(18-14-30)40-24-23-38-21-7-4-8-22-38/h3,5-6,9-20,25,29,37H,4,7-8,21-24,26-27H2,1-2H3. The Balaban J connectivity index is 1.18. The summed E-state index contributed by atoms with van der Waals surface area (Å²) >= 11 is 0. The molecule has 4 heteroatoms. The predicted octanol–water partition coefficient (Wildman–Crippen LogP) is 8.30. The molecule has 6 rings (SSSR count). The lowest BCUT2D eigenvalue weighted by Gasteiger charge is -2.30. The molecule has 2 aliphatic rings. The van der Waals surface area contributed by atoms with Crippen LogP contribution in [0.5, 0.6) is 11.5 Å². The third-order valence-electron chi connectivity index (χ3n) is 8.68. The zero-order valence-corrected chi connectivity index (χ0v) is 24.5. The molecule has 0 N–H and O–H groups in total. The first-order chi connectivity index (χ1) is 20.1. The van der Waals surface area contributed by atoms with Crippen LogP contribution in [0.1, 0.15) is 66.0 Å². The molecule has 4 aromatic rings. The van der Waals surface area contributed by atoms with Crippen molar-refractivity contribution in [1.82, 2.24) is 4.90 Å². The molecule has 212 valence electrons. The molecule has 1 fully saturated rings. The number of likely N-dealkylation sites (tertiary alicyclic amines) is 1. The summed E-state index contributed by atoms with van der Waals surface area (Å²) in [5.74, 6) is 2.22. The number of ether oxygens (including phenoxy) is 2. The molecule has 2 atom stereocenters. The maximum absolute atomic E-state index is 6.22. The number of nitrogens with zero attached hydrogens (tertiary/aromatic N) is 2. The van der Waals surface area contributed by atoms with Crippen LogP contribution in [0.15, 0.2) is 97.1 Å². The van der Waals surface area contributed by atoms with Crippen LogP contribution in [0.2, 0.25) is 0 Å². The fourth-order valence-corrected chi connectivity index (χ4v) is 6.36. The minimum absolute atomic E-state index is 0.260. The van der Waals surface area contributed by atoms with Crippen LogP contribution in [0.25, 0.3) is 0 Å². The Hall–Kier alpha value is -3.76. The highest BCUT2D eigenvalue weighted by Gasteiger charge is 2.37. The van der Waals surface area contributed by atoms with Gasteiger partial charge >= 0.3 is 0 Å². The molecule has 1 saturated heterocycles. The Morgan fingerprint density at radius 3 is 2.22 bits per heavy atom. The van der Waals surface area contributed by atoms with Gasteiger partial charge in [-0.2, -0.15) is 0 Å². The second-order valence-electron chi connectivity index (χ2n) is 11.7. The first-order valence-electron chi connectivity index (χ1n) is 15.2. The second-order valence-corrected chi connectivity index (χ2v) is 11.7. The molecule has 2 unspecified atom stereocenters. The van der Waals surface area contributed by atoms with Gasteiger partial charge in [-0.15, -0.1) is 0 Å². The van der Waals surface area contributed by atoms with Gasteiger partial charge in [0.15, 0.2) is 0 Å². The van der Waals surface area contributed by atoms with Gasteiger partial charge in [0, 0.05) is 24.7 Å². The van der Waals surface area contributed by atoms with Crippen molar-refractivity contribution in [2.45, 2.75) is 58.2 Å². The van der Waals surface area contributed by atoms with Crippen LogP contribution in [0.3, 0.4) is 0 Å². The Kier molecular flexibility index (Phi) is 8.57. The Morgan fingerprint density at radius 1 is 0.732 bits per heavy atom. The number of rotatable bonds is 10. The van der Waals surface area contributed by atoms with Crippen LogP contribution < -0.4 is 14.4 Å². The molecule has 0 saturated carbocycles. The van der Waals surface area contributed by atoms with E-state index in [1.165, 1.54) is 65.9 Å². The average Bonchev–Trinajstić information content (AvgIpc) is 3.28. The molecular formula is C37H42N2O2. The molecule has 4 aromatic carbocycles. The van der Waals surface area contributed by atoms with Gasteiger partial charge in [-0.05, 0) is 85.4 Å². The normalized spacial score (nSPS) is 18.7. The zero-order valence-electron chi connectivity index (χ0n) is 24.5. The van der Waals surface area contributed by atoms with Crippen LogP contribution in [-0.4, -0.2) is 31.1 Å². The summed E-state index contributed by atoms with van der Waals surface area (Å²) in [5, 5.41) is 0. The monoisotopic (exact) mass is 546 g/mol. The van der Waals surface area contributed by atoms with Crippen molar-refractivity contribution in [3.63, 3.8) is 0 Å². The van der Waals surface area contributed by atoms with Gasteiger partial charge in [-0.25, -0.2) is 0 Å². The highest BCUT2D eigenvalue weighted by molar-refractivity contribution is 5.65. The van der Waals surface area contributed by atoms with E-state index in [0.717, 1.165) is 31.2 Å². The molecule has 4 nitrogen and oxygen atoms in total. The number of aryl methyl sites for hydroxylation is 1. The smallest absolute Gasteiger partial charge is 0.120 e. The third-order valence-corrected chi connectivity index (χ3v) is 8.68. The molecule has 0 amide bonds. The Morgan fingerprint density at radius 2 is 1.46 bits per heavy atom. The molecule has 0 aromatic heterocycles. The number of benzene rings is 4. The van der Waals surface area contributed by atoms with Crippen LogP contribution in [0, 0.1) is 6.92 Å². The van der Waals surface area contributed by atoms with E-state index in [0.29, 0.717) is 12.5 Å². The Labute approximate surface area is 245 Å². The molecule has 0 radical (unpaired) electrons. The number of fused-ring (bicyclic) bond motifs is 1. The van der Waals surface area contributed by atoms with Crippen molar-refractivity contribution in [2.75, 3.05) is 31.1 Å². The molecule has 2 heterocycles. The van der Waals surface area contributed by atoms with Crippen molar-refractivity contribution in [3.05, 3.63) is 125 Å². The molecule has 0 bridgehead atoms. The fraction of sp³-hybridized carbons (Fsp3) is 0.351. The summed E-state index contributed by atoms with van der Waals surface area (Å²) in [6.45, 7) is 10.1. The quantitative estimate of drug-likeness (QED) is 0.200. The minimum atomic E-state index is 0.260. The van der Waals surface area contributed by atoms with E-state index in [1.807, 2.05) is 6.07 Å². The minimum Gasteiger partial charge on any atom is -0.492 e. The van der Waals surface area contributed by atoms with Gasteiger partial charge < -0.3 is 14.4 Å². The molecule has 0 aliphatic carbocycles. The number of anilines is 1. The van der Waals surface area contributed by atoms with Crippen molar-refractivity contribution >= 4 is 5.69 Å². The lowest BCUT2D eigenvalue weighted by atomic mass is 9.91. The van der Waals surface area contributed by atoms with E-state index in [-0.39, 0.29) is 6.04 Å². The van der Waals surface area contributed by atoms with Crippen molar-refractivity contribution in [3.8, 4) is 11.5 Å². The summed E-state index contributed by atoms with van der Waals surface area (Å²) in [5.41, 5.74) is 7.74. The molecule has 0 spiro atoms. The van der Waals surface area contributed by atoms with Gasteiger partial charge in [0.05, 0.1) is 6.04 Å². The Bertz CT molecular complexity index is 1400. The highest BCUT2D eigenvalue weighted by atomic mass is 16.5. The lowest BCUT2D eigenvalue weighted by molar-refractivity contribution is 0.183. The average molecular weight is 547 g/mol. The lowest BCUT2D eigenvalue weighted by Crippen LogP contribution is -2.33. The topological polar surface area (TPSA) is 24.9 Å². The molecule has 2 aliphatic heterocycles. The number of hydrogen-bond donors (Lipinski definition) is 0. The largest absolute Gasteiger partial charge is 0.492 e. The maximum Gasteiger partial charge on any atom is 0.120 e. The van der Waals surface area contributed by atoms with E-state index in [1.54, 1.807) is 0 Å². The van der Waals surface area contributed by atoms with Crippen molar-refractivity contribution < 1.29 is 9.47 Å². The first kappa shape index (κ1) is 27.4. The van der Waals surface area contributed by atoms with Crippen LogP contribution in [0.4, 0.5) is 5.69 Å². The van der Waals surface area contributed by atoms with Gasteiger partial charge in [0.1, 0.15) is 24.7 Å². The van der Waals surface area contributed by atoms with Gasteiger partial charge in [0.25, 0.3) is 0 Å². The van der Waals surface area contributed by atoms with Crippen LogP contribution >= 0.6 is 0 Å². The summed E-state index contributed by atoms with van der Waals surface area (Å²) in [7, 11) is 0. The van der Waals surface area contributed by atoms with Crippen molar-refractivity contribution in [1.29, 1.82) is 0 Å². The molecule has 41 heavy (non-hydrogen) atoms. The summed E-state index contributed by atoms with van der Waals surface area (Å²) in [6.07, 6.45) is 4.00. The maximum atomic E-state index is 6.22. The second kappa shape index (κ2) is 12.8. The van der Waals surface area contributed by atoms with Crippen molar-refractivity contribution in [2.24, 2.45) is 0 Å². The van der Waals surface area contributed by atoms with E-state index in [2.05, 4.69) is 115 Å². The van der Waals surface area contributed by atoms with Gasteiger partial charge in [-0.3, -0.25) is 4.90 Å². The van der Waals surface area contributed by atoms with Gasteiger partial charge in [0.2, 0.25) is 0 Å². The van der Waals surface area contributed by atoms with E-state index < -0.39 is 0 Å². The van der Waals surface area contributed by atoms with E-state index in [9.17, 15) is 0 Å². The fourth-order valence-electron chi connectivity index (χ4n) is 6.36. The van der Waals surface area contributed by atoms with E-state index in [4.69, 9.17) is 9.47 Å². The number of piperidine rings is 1. The van der Waals surface area contributed by atoms with Gasteiger partial charge in [-0.1, -0.05) is 85.6 Å². The first-order valence-corrected chi connectivity index (χ1v) is 15.2. The highest BCUT2D eigenvalue weighted by Crippen LogP contribution is 2.50. The summed E-state index contributed by atoms with van der Waals surface area (Å²) in [6, 6.07) is 35.0.